The predicted octanol–water partition coefficient (Wildman–Crippen LogP) is 1.96. The molecule has 0 radical (unpaired) electrons. The van der Waals surface area contributed by atoms with Crippen LogP contribution in [0.1, 0.15) is 18.4 Å². The number of carboxylic acids is 1. The minimum Gasteiger partial charge on any atom is -0.481 e. The Kier molecular flexibility index (Phi) is 5.66. The van der Waals surface area contributed by atoms with E-state index in [1.807, 2.05) is 49.3 Å². The second-order valence-corrected chi connectivity index (χ2v) is 4.15. The Labute approximate surface area is 102 Å². The van der Waals surface area contributed by atoms with Crippen molar-refractivity contribution in [3.63, 3.8) is 0 Å². The highest BCUT2D eigenvalue weighted by molar-refractivity contribution is 5.66. The number of carboxylic acid groups (broad SMARTS) is 1. The van der Waals surface area contributed by atoms with Gasteiger partial charge < -0.3 is 9.84 Å². The average molecular weight is 237 g/mol. The smallest absolute Gasteiger partial charge is 0.303 e. The molecule has 0 aliphatic carbocycles. The highest BCUT2D eigenvalue weighted by atomic mass is 16.5. The Balaban J connectivity index is 2.42. The topological polar surface area (TPSA) is 49.8 Å². The molecule has 0 aliphatic rings. The Morgan fingerprint density at radius 3 is 2.53 bits per heavy atom. The zero-order chi connectivity index (χ0) is 12.7. The average Bonchev–Trinajstić information content (AvgIpc) is 2.29. The molecule has 1 aromatic carbocycles. The van der Waals surface area contributed by atoms with Gasteiger partial charge in [-0.2, -0.15) is 0 Å². The minimum absolute atomic E-state index is 0.123. The minimum atomic E-state index is -0.792. The molecule has 1 N–H and O–H groups in total. The van der Waals surface area contributed by atoms with Crippen LogP contribution < -0.4 is 0 Å². The fourth-order valence-corrected chi connectivity index (χ4v) is 1.50. The molecule has 1 rings (SSSR count). The van der Waals surface area contributed by atoms with E-state index in [9.17, 15) is 4.79 Å². The molecule has 1 atom stereocenters. The molecule has 4 nitrogen and oxygen atoms in total. The molecule has 1 unspecified atom stereocenters. The SMILES string of the molecule is CN(C)C(CCC(=O)O)OCc1ccccc1. The number of aliphatic carboxylic acids is 1. The maximum atomic E-state index is 10.5. The Hall–Kier alpha value is -1.39. The summed E-state index contributed by atoms with van der Waals surface area (Å²) >= 11 is 0. The van der Waals surface area contributed by atoms with E-state index >= 15 is 0 Å². The normalized spacial score (nSPS) is 12.6. The van der Waals surface area contributed by atoms with Crippen molar-refractivity contribution in [3.8, 4) is 0 Å². The van der Waals surface area contributed by atoms with Crippen LogP contribution in [0.4, 0.5) is 0 Å². The maximum Gasteiger partial charge on any atom is 0.303 e. The maximum absolute atomic E-state index is 10.5. The third-order valence-corrected chi connectivity index (χ3v) is 2.47. The predicted molar refractivity (Wildman–Crippen MR) is 65.6 cm³/mol. The highest BCUT2D eigenvalue weighted by Crippen LogP contribution is 2.09. The number of nitrogens with zero attached hydrogens (tertiary/aromatic N) is 1. The molecular formula is C13H19NO3. The number of ether oxygens (including phenoxy) is 1. The van der Waals surface area contributed by atoms with E-state index < -0.39 is 5.97 Å². The summed E-state index contributed by atoms with van der Waals surface area (Å²) in [7, 11) is 3.77. The van der Waals surface area contributed by atoms with Crippen LogP contribution in [0.15, 0.2) is 30.3 Å². The van der Waals surface area contributed by atoms with Crippen molar-refractivity contribution < 1.29 is 14.6 Å². The molecule has 0 bridgehead atoms. The van der Waals surface area contributed by atoms with Crippen LogP contribution in [0.2, 0.25) is 0 Å². The molecule has 0 fully saturated rings. The fraction of sp³-hybridized carbons (Fsp3) is 0.462. The summed E-state index contributed by atoms with van der Waals surface area (Å²) in [6.07, 6.45) is 0.457. The third kappa shape index (κ3) is 5.47. The lowest BCUT2D eigenvalue weighted by Gasteiger charge is -2.24. The summed E-state index contributed by atoms with van der Waals surface area (Å²) in [5.41, 5.74) is 1.09. The van der Waals surface area contributed by atoms with E-state index in [2.05, 4.69) is 0 Å². The number of carbonyl (C=O) groups is 1. The van der Waals surface area contributed by atoms with Crippen molar-refractivity contribution in [2.75, 3.05) is 14.1 Å². The quantitative estimate of drug-likeness (QED) is 0.736. The van der Waals surface area contributed by atoms with Gasteiger partial charge in [-0.3, -0.25) is 9.69 Å². The van der Waals surface area contributed by atoms with Crippen LogP contribution in [0.25, 0.3) is 0 Å². The fourth-order valence-electron chi connectivity index (χ4n) is 1.50. The van der Waals surface area contributed by atoms with Crippen LogP contribution in [0.5, 0.6) is 0 Å². The molecule has 1 aromatic rings. The largest absolute Gasteiger partial charge is 0.481 e. The molecule has 0 heterocycles. The van der Waals surface area contributed by atoms with E-state index in [-0.39, 0.29) is 12.6 Å². The van der Waals surface area contributed by atoms with Crippen LogP contribution in [0, 0.1) is 0 Å². The molecule has 0 amide bonds. The summed E-state index contributed by atoms with van der Waals surface area (Å²) in [6, 6.07) is 9.85. The molecule has 0 spiro atoms. The van der Waals surface area contributed by atoms with Crippen LogP contribution in [-0.4, -0.2) is 36.3 Å². The van der Waals surface area contributed by atoms with Gasteiger partial charge in [0.25, 0.3) is 0 Å². The lowest BCUT2D eigenvalue weighted by molar-refractivity contribution is -0.139. The molecule has 0 aliphatic heterocycles. The number of hydrogen-bond donors (Lipinski definition) is 1. The summed E-state index contributed by atoms with van der Waals surface area (Å²) in [6.45, 7) is 0.503. The second-order valence-electron chi connectivity index (χ2n) is 4.15. The van der Waals surface area contributed by atoms with Gasteiger partial charge in [0.15, 0.2) is 0 Å². The van der Waals surface area contributed by atoms with Gasteiger partial charge >= 0.3 is 5.97 Å². The summed E-state index contributed by atoms with van der Waals surface area (Å²) in [5, 5.41) is 8.66. The van der Waals surface area contributed by atoms with Crippen LogP contribution in [-0.2, 0) is 16.1 Å². The summed E-state index contributed by atoms with van der Waals surface area (Å²) in [4.78, 5) is 12.4. The van der Waals surface area contributed by atoms with Crippen molar-refractivity contribution in [3.05, 3.63) is 35.9 Å². The first-order valence-electron chi connectivity index (χ1n) is 5.63. The molecular weight excluding hydrogens is 218 g/mol. The van der Waals surface area contributed by atoms with Crippen LogP contribution in [0.3, 0.4) is 0 Å². The molecule has 17 heavy (non-hydrogen) atoms. The molecule has 0 saturated carbocycles. The first-order valence-corrected chi connectivity index (χ1v) is 5.63. The van der Waals surface area contributed by atoms with E-state index in [1.54, 1.807) is 0 Å². The lowest BCUT2D eigenvalue weighted by Crippen LogP contribution is -2.31. The molecule has 0 saturated heterocycles. The lowest BCUT2D eigenvalue weighted by atomic mass is 10.2. The summed E-state index contributed by atoms with van der Waals surface area (Å²) in [5.74, 6) is -0.792. The van der Waals surface area contributed by atoms with Crippen molar-refractivity contribution in [2.45, 2.75) is 25.7 Å². The van der Waals surface area contributed by atoms with Crippen molar-refractivity contribution in [2.24, 2.45) is 0 Å². The van der Waals surface area contributed by atoms with E-state index in [1.165, 1.54) is 0 Å². The first-order chi connectivity index (χ1) is 8.09. The third-order valence-electron chi connectivity index (χ3n) is 2.47. The van der Waals surface area contributed by atoms with E-state index in [0.717, 1.165) is 5.56 Å². The number of rotatable bonds is 7. The zero-order valence-electron chi connectivity index (χ0n) is 10.3. The molecule has 4 heteroatoms. The number of hydrogen-bond acceptors (Lipinski definition) is 3. The molecule has 0 aromatic heterocycles. The van der Waals surface area contributed by atoms with Crippen LogP contribution >= 0.6 is 0 Å². The Bertz CT molecular complexity index is 338. The van der Waals surface area contributed by atoms with Crippen molar-refractivity contribution in [1.82, 2.24) is 4.90 Å². The Morgan fingerprint density at radius 2 is 2.00 bits per heavy atom. The second kappa shape index (κ2) is 7.04. The number of benzene rings is 1. The van der Waals surface area contributed by atoms with Gasteiger partial charge in [-0.25, -0.2) is 0 Å². The zero-order valence-corrected chi connectivity index (χ0v) is 10.3. The van der Waals surface area contributed by atoms with Crippen molar-refractivity contribution >= 4 is 5.97 Å². The van der Waals surface area contributed by atoms with Gasteiger partial charge in [-0.1, -0.05) is 30.3 Å². The van der Waals surface area contributed by atoms with Gasteiger partial charge in [-0.15, -0.1) is 0 Å². The standard InChI is InChI=1S/C13H19NO3/c1-14(2)12(8-9-13(15)16)17-10-11-6-4-3-5-7-11/h3-7,12H,8-10H2,1-2H3,(H,15,16). The monoisotopic (exact) mass is 237 g/mol. The highest BCUT2D eigenvalue weighted by Gasteiger charge is 2.13. The summed E-state index contributed by atoms with van der Waals surface area (Å²) < 4.78 is 5.70. The Morgan fingerprint density at radius 1 is 1.35 bits per heavy atom. The van der Waals surface area contributed by atoms with Gasteiger partial charge in [0.05, 0.1) is 6.61 Å². The first kappa shape index (κ1) is 13.7. The van der Waals surface area contributed by atoms with Gasteiger partial charge in [-0.05, 0) is 26.1 Å². The van der Waals surface area contributed by atoms with E-state index in [4.69, 9.17) is 9.84 Å². The van der Waals surface area contributed by atoms with Gasteiger partial charge in [0, 0.05) is 6.42 Å². The molecule has 94 valence electrons. The van der Waals surface area contributed by atoms with Gasteiger partial charge in [0.2, 0.25) is 0 Å². The van der Waals surface area contributed by atoms with Crippen molar-refractivity contribution in [1.29, 1.82) is 0 Å². The van der Waals surface area contributed by atoms with Gasteiger partial charge in [0.1, 0.15) is 6.23 Å². The van der Waals surface area contributed by atoms with E-state index in [0.29, 0.717) is 13.0 Å².